The first-order valence-corrected chi connectivity index (χ1v) is 13.8. The molecule has 41 heavy (non-hydrogen) atoms. The number of alkyl halides is 6. The highest BCUT2D eigenvalue weighted by Gasteiger charge is 2.38. The molecule has 1 fully saturated rings. The van der Waals surface area contributed by atoms with Crippen LogP contribution in [0, 0.1) is 5.92 Å². The van der Waals surface area contributed by atoms with Crippen molar-refractivity contribution in [3.05, 3.63) is 69.8 Å². The minimum atomic E-state index is -4.96. The van der Waals surface area contributed by atoms with E-state index >= 15 is 0 Å². The van der Waals surface area contributed by atoms with Crippen molar-refractivity contribution in [2.24, 2.45) is 16.6 Å². The van der Waals surface area contributed by atoms with E-state index in [0.29, 0.717) is 27.4 Å². The smallest absolute Gasteiger partial charge is 0.378 e. The number of nitrogens with zero attached hydrogens (tertiary/aromatic N) is 4. The summed E-state index contributed by atoms with van der Waals surface area (Å²) in [7, 11) is 0. The minimum absolute atomic E-state index is 0.107. The third kappa shape index (κ3) is 7.70. The van der Waals surface area contributed by atoms with Crippen LogP contribution in [0.15, 0.2) is 52.5 Å². The number of benzene rings is 2. The second kappa shape index (κ2) is 12.3. The molecule has 2 aromatic carbocycles. The summed E-state index contributed by atoms with van der Waals surface area (Å²) in [6, 6.07) is 6.44. The molecule has 1 saturated heterocycles. The Labute approximate surface area is 237 Å². The number of piperidine rings is 1. The second-order valence-corrected chi connectivity index (χ2v) is 11.0. The van der Waals surface area contributed by atoms with Crippen LogP contribution in [0.5, 0.6) is 0 Å². The molecule has 5 rings (SSSR count). The van der Waals surface area contributed by atoms with Crippen molar-refractivity contribution in [2.45, 2.75) is 45.6 Å². The third-order valence-electron chi connectivity index (χ3n) is 6.99. The van der Waals surface area contributed by atoms with Crippen molar-refractivity contribution in [2.75, 3.05) is 19.6 Å². The number of fused-ring (bicyclic) bond motifs is 1. The van der Waals surface area contributed by atoms with Gasteiger partial charge >= 0.3 is 12.4 Å². The Morgan fingerprint density at radius 3 is 2.34 bits per heavy atom. The lowest BCUT2D eigenvalue weighted by Gasteiger charge is -2.28. The van der Waals surface area contributed by atoms with Gasteiger partial charge in [0.05, 0.1) is 34.3 Å². The molecule has 0 bridgehead atoms. The van der Waals surface area contributed by atoms with Crippen LogP contribution >= 0.6 is 11.8 Å². The molecule has 0 unspecified atom stereocenters. The number of halogens is 6. The Hall–Kier alpha value is -3.32. The zero-order valence-corrected chi connectivity index (χ0v) is 23.2. The molecule has 0 saturated carbocycles. The van der Waals surface area contributed by atoms with Gasteiger partial charge in [-0.1, -0.05) is 26.0 Å². The first-order valence-electron chi connectivity index (χ1n) is 13.0. The molecule has 0 aliphatic carbocycles. The lowest BCUT2D eigenvalue weighted by atomic mass is 9.99. The predicted molar refractivity (Wildman–Crippen MR) is 148 cm³/mol. The average molecular weight is 598 g/mol. The zero-order chi connectivity index (χ0) is 29.9. The summed E-state index contributed by atoms with van der Waals surface area (Å²) >= 11 is 1.02. The number of hydrogen-bond acceptors (Lipinski definition) is 5. The van der Waals surface area contributed by atoms with E-state index in [1.807, 2.05) is 0 Å². The number of amides is 1. The topological polar surface area (TPSA) is 76.5 Å². The van der Waals surface area contributed by atoms with E-state index in [2.05, 4.69) is 28.8 Å². The minimum Gasteiger partial charge on any atom is -0.378 e. The van der Waals surface area contributed by atoms with Gasteiger partial charge < -0.3 is 10.6 Å². The largest absolute Gasteiger partial charge is 0.416 e. The maximum atomic E-state index is 13.4. The van der Waals surface area contributed by atoms with Crippen LogP contribution in [0.3, 0.4) is 0 Å². The summed E-state index contributed by atoms with van der Waals surface area (Å²) in [6.07, 6.45) is -4.04. The Balaban J connectivity index is 0.000000367. The van der Waals surface area contributed by atoms with Gasteiger partial charge in [0, 0.05) is 5.39 Å². The first-order chi connectivity index (χ1) is 19.2. The molecule has 0 radical (unpaired) electrons. The van der Waals surface area contributed by atoms with E-state index in [-0.39, 0.29) is 23.3 Å². The number of thioether (sulfide) groups is 1. The van der Waals surface area contributed by atoms with Crippen LogP contribution in [0.4, 0.5) is 26.3 Å². The number of likely N-dealkylation sites (tertiary alicyclic amines) is 1. The van der Waals surface area contributed by atoms with Crippen molar-refractivity contribution in [1.82, 2.24) is 14.7 Å². The van der Waals surface area contributed by atoms with Gasteiger partial charge in [0.25, 0.3) is 5.91 Å². The number of aliphatic imine (C=N–C) groups is 1. The highest BCUT2D eigenvalue weighted by atomic mass is 32.2. The lowest BCUT2D eigenvalue weighted by Crippen LogP contribution is -2.32. The zero-order valence-electron chi connectivity index (χ0n) is 22.4. The molecule has 1 amide bonds. The van der Waals surface area contributed by atoms with Crippen LogP contribution < -0.4 is 5.73 Å². The number of carbonyl (C=O) groups excluding carboxylic acids is 1. The van der Waals surface area contributed by atoms with Crippen LogP contribution in [-0.4, -0.2) is 45.4 Å². The average Bonchev–Trinajstić information content (AvgIpc) is 3.44. The number of aromatic nitrogens is 2. The number of hydrogen-bond donors (Lipinski definition) is 1. The SMILES string of the molecule is CCN1CCC(C)CC1.NC1=NC(=O)/C(=C/c2ccc3c(cnn3Cc3ccc(C(F)(F)F)cc3C(F)(F)F)c2)S1. The fourth-order valence-electron chi connectivity index (χ4n) is 4.59. The molecule has 0 spiro atoms. The van der Waals surface area contributed by atoms with Gasteiger partial charge in [-0.15, -0.1) is 0 Å². The van der Waals surface area contributed by atoms with Crippen LogP contribution in [-0.2, 0) is 23.7 Å². The summed E-state index contributed by atoms with van der Waals surface area (Å²) in [5.41, 5.74) is 3.52. The van der Waals surface area contributed by atoms with Crippen molar-refractivity contribution in [1.29, 1.82) is 0 Å². The molecule has 0 atom stereocenters. The number of nitrogens with two attached hydrogens (primary N) is 1. The van der Waals surface area contributed by atoms with Gasteiger partial charge in [-0.2, -0.15) is 36.4 Å². The molecule has 13 heteroatoms. The molecule has 2 aliphatic heterocycles. The van der Waals surface area contributed by atoms with Gasteiger partial charge in [0.2, 0.25) is 0 Å². The van der Waals surface area contributed by atoms with Gasteiger partial charge in [-0.05, 0) is 91.6 Å². The Bertz CT molecular complexity index is 1470. The maximum Gasteiger partial charge on any atom is 0.416 e. The molecule has 3 aromatic rings. The quantitative estimate of drug-likeness (QED) is 0.265. The molecule has 1 aromatic heterocycles. The first kappa shape index (κ1) is 30.6. The van der Waals surface area contributed by atoms with E-state index in [0.717, 1.165) is 23.7 Å². The van der Waals surface area contributed by atoms with Crippen molar-refractivity contribution in [3.63, 3.8) is 0 Å². The molecule has 3 heterocycles. The van der Waals surface area contributed by atoms with Gasteiger partial charge in [-0.25, -0.2) is 0 Å². The summed E-state index contributed by atoms with van der Waals surface area (Å²) in [4.78, 5) is 18.2. The fourth-order valence-corrected chi connectivity index (χ4v) is 5.27. The van der Waals surface area contributed by atoms with E-state index in [1.165, 1.54) is 43.4 Å². The van der Waals surface area contributed by atoms with Crippen molar-refractivity contribution >= 4 is 39.8 Å². The van der Waals surface area contributed by atoms with Crippen LogP contribution in [0.2, 0.25) is 0 Å². The van der Waals surface area contributed by atoms with Crippen LogP contribution in [0.25, 0.3) is 17.0 Å². The van der Waals surface area contributed by atoms with E-state index in [1.54, 1.807) is 24.3 Å². The summed E-state index contributed by atoms with van der Waals surface area (Å²) in [5.74, 6) is 0.512. The summed E-state index contributed by atoms with van der Waals surface area (Å²) in [6.45, 7) is 8.13. The van der Waals surface area contributed by atoms with E-state index in [9.17, 15) is 31.1 Å². The van der Waals surface area contributed by atoms with Gasteiger partial charge in [-0.3, -0.25) is 9.48 Å². The normalized spacial score (nSPS) is 18.1. The summed E-state index contributed by atoms with van der Waals surface area (Å²) < 4.78 is 80.1. The lowest BCUT2D eigenvalue weighted by molar-refractivity contribution is -0.143. The number of carbonyl (C=O) groups is 1. The predicted octanol–water partition coefficient (Wildman–Crippen LogP) is 6.79. The number of rotatable bonds is 4. The third-order valence-corrected chi connectivity index (χ3v) is 7.80. The van der Waals surface area contributed by atoms with Crippen molar-refractivity contribution < 1.29 is 31.1 Å². The maximum absolute atomic E-state index is 13.4. The molecular weight excluding hydrogens is 568 g/mol. The van der Waals surface area contributed by atoms with Crippen molar-refractivity contribution in [3.8, 4) is 0 Å². The molecule has 2 aliphatic rings. The fraction of sp³-hybridized carbons (Fsp3) is 0.393. The Morgan fingerprint density at radius 1 is 1.05 bits per heavy atom. The van der Waals surface area contributed by atoms with E-state index < -0.39 is 29.4 Å². The van der Waals surface area contributed by atoms with Gasteiger partial charge in [0.1, 0.15) is 0 Å². The van der Waals surface area contributed by atoms with Crippen LogP contribution in [0.1, 0.15) is 48.9 Å². The molecule has 2 N–H and O–H groups in total. The molecular formula is C28H29F6N5OS. The standard InChI is InChI=1S/C20H12F6N4OS.C8H17N/c21-19(22,23)13-3-2-11(14(7-13)20(24,25)26)9-30-15-4-1-10(5-12(15)8-28-30)6-16-17(31)29-18(27)32-16;1-3-9-6-4-8(2)5-7-9/h1-8H,9H2,(H2,27,29,31);8H,3-7H2,1-2H3/b16-6-;. The second-order valence-electron chi connectivity index (χ2n) is 9.97. The highest BCUT2D eigenvalue weighted by Crippen LogP contribution is 2.38. The summed E-state index contributed by atoms with van der Waals surface area (Å²) in [5, 5.41) is 4.78. The molecule has 6 nitrogen and oxygen atoms in total. The van der Waals surface area contributed by atoms with E-state index in [4.69, 9.17) is 5.73 Å². The Kier molecular flexibility index (Phi) is 9.17. The van der Waals surface area contributed by atoms with Gasteiger partial charge in [0.15, 0.2) is 5.17 Å². The number of amidine groups is 1. The molecule has 220 valence electrons. The highest BCUT2D eigenvalue weighted by molar-refractivity contribution is 8.18. The Morgan fingerprint density at radius 2 is 1.76 bits per heavy atom. The monoisotopic (exact) mass is 597 g/mol.